The standard InChI is InChI=1S/C20H25N5O2S/c1-13(19-23-21-14(2)27-19)28-20-24-22-18(15-9-11-17(26-3)12-10-15)25(20)16-7-5-4-6-8-16/h9-13,16H,4-8H2,1-3H3. The number of thioether (sulfide) groups is 1. The number of methoxy groups -OCH3 is 1. The molecule has 28 heavy (non-hydrogen) atoms. The molecule has 0 N–H and O–H groups in total. The molecule has 1 aromatic carbocycles. The molecule has 2 heterocycles. The van der Waals surface area contributed by atoms with Gasteiger partial charge in [-0.1, -0.05) is 31.0 Å². The van der Waals surface area contributed by atoms with E-state index in [1.165, 1.54) is 19.3 Å². The first-order chi connectivity index (χ1) is 13.7. The third kappa shape index (κ3) is 3.92. The van der Waals surface area contributed by atoms with E-state index in [0.717, 1.165) is 35.1 Å². The van der Waals surface area contributed by atoms with Crippen LogP contribution in [0.25, 0.3) is 11.4 Å². The Morgan fingerprint density at radius 3 is 2.46 bits per heavy atom. The van der Waals surface area contributed by atoms with Gasteiger partial charge >= 0.3 is 0 Å². The SMILES string of the molecule is COc1ccc(-c2nnc(SC(C)c3nnc(C)o3)n2C2CCCCC2)cc1. The molecule has 2 aromatic heterocycles. The molecular weight excluding hydrogens is 374 g/mol. The first-order valence-corrected chi connectivity index (χ1v) is 10.6. The second-order valence-corrected chi connectivity index (χ2v) is 8.42. The first-order valence-electron chi connectivity index (χ1n) is 9.71. The van der Waals surface area contributed by atoms with Crippen LogP contribution in [0.2, 0.25) is 0 Å². The van der Waals surface area contributed by atoms with Gasteiger partial charge < -0.3 is 9.15 Å². The smallest absolute Gasteiger partial charge is 0.229 e. The van der Waals surface area contributed by atoms with Crippen LogP contribution in [-0.4, -0.2) is 32.1 Å². The molecule has 1 aliphatic carbocycles. The maximum atomic E-state index is 5.61. The van der Waals surface area contributed by atoms with Crippen LogP contribution in [0.4, 0.5) is 0 Å². The van der Waals surface area contributed by atoms with Crippen molar-refractivity contribution in [1.82, 2.24) is 25.0 Å². The maximum absolute atomic E-state index is 5.61. The van der Waals surface area contributed by atoms with Crippen molar-refractivity contribution in [2.45, 2.75) is 62.4 Å². The highest BCUT2D eigenvalue weighted by Gasteiger charge is 2.26. The van der Waals surface area contributed by atoms with Crippen molar-refractivity contribution >= 4 is 11.8 Å². The van der Waals surface area contributed by atoms with Gasteiger partial charge in [-0.2, -0.15) is 0 Å². The fourth-order valence-corrected chi connectivity index (χ4v) is 4.60. The summed E-state index contributed by atoms with van der Waals surface area (Å²) in [7, 11) is 1.68. The fraction of sp³-hybridized carbons (Fsp3) is 0.500. The van der Waals surface area contributed by atoms with Crippen molar-refractivity contribution in [3.63, 3.8) is 0 Å². The van der Waals surface area contributed by atoms with Gasteiger partial charge in [-0.15, -0.1) is 20.4 Å². The molecule has 1 fully saturated rings. The molecule has 1 aliphatic rings. The minimum atomic E-state index is 0.0106. The van der Waals surface area contributed by atoms with Crippen molar-refractivity contribution in [2.75, 3.05) is 7.11 Å². The van der Waals surface area contributed by atoms with Crippen molar-refractivity contribution in [3.05, 3.63) is 36.0 Å². The molecule has 1 atom stereocenters. The van der Waals surface area contributed by atoms with Gasteiger partial charge in [0.05, 0.1) is 12.4 Å². The molecule has 0 amide bonds. The molecule has 0 aliphatic heterocycles. The van der Waals surface area contributed by atoms with Gasteiger partial charge in [0.25, 0.3) is 0 Å². The fourth-order valence-electron chi connectivity index (χ4n) is 3.65. The molecule has 4 rings (SSSR count). The molecule has 0 radical (unpaired) electrons. The maximum Gasteiger partial charge on any atom is 0.229 e. The van der Waals surface area contributed by atoms with E-state index in [9.17, 15) is 0 Å². The Morgan fingerprint density at radius 2 is 1.82 bits per heavy atom. The molecule has 8 heteroatoms. The summed E-state index contributed by atoms with van der Waals surface area (Å²) >= 11 is 1.62. The number of aryl methyl sites for hydroxylation is 1. The summed E-state index contributed by atoms with van der Waals surface area (Å²) in [5, 5.41) is 18.1. The highest BCUT2D eigenvalue weighted by Crippen LogP contribution is 2.40. The van der Waals surface area contributed by atoms with Gasteiger partial charge in [0.15, 0.2) is 11.0 Å². The number of ether oxygens (including phenoxy) is 1. The molecule has 0 spiro atoms. The molecule has 1 saturated carbocycles. The summed E-state index contributed by atoms with van der Waals surface area (Å²) in [5.41, 5.74) is 1.05. The summed E-state index contributed by atoms with van der Waals surface area (Å²) in [5.74, 6) is 2.94. The average molecular weight is 400 g/mol. The van der Waals surface area contributed by atoms with Crippen molar-refractivity contribution in [1.29, 1.82) is 0 Å². The Kier molecular flexibility index (Phi) is 5.66. The number of hydrogen-bond acceptors (Lipinski definition) is 7. The van der Waals surface area contributed by atoms with Crippen LogP contribution in [0.15, 0.2) is 33.8 Å². The van der Waals surface area contributed by atoms with E-state index in [-0.39, 0.29) is 5.25 Å². The van der Waals surface area contributed by atoms with Crippen LogP contribution in [0.5, 0.6) is 5.75 Å². The largest absolute Gasteiger partial charge is 0.497 e. The molecule has 1 unspecified atom stereocenters. The highest BCUT2D eigenvalue weighted by atomic mass is 32.2. The van der Waals surface area contributed by atoms with E-state index in [1.54, 1.807) is 25.8 Å². The molecule has 3 aromatic rings. The molecule has 148 valence electrons. The van der Waals surface area contributed by atoms with Crippen LogP contribution >= 0.6 is 11.8 Å². The summed E-state index contributed by atoms with van der Waals surface area (Å²) < 4.78 is 13.2. The average Bonchev–Trinajstić information content (AvgIpc) is 3.35. The lowest BCUT2D eigenvalue weighted by molar-refractivity contribution is 0.339. The van der Waals surface area contributed by atoms with E-state index in [4.69, 9.17) is 9.15 Å². The third-order valence-corrected chi connectivity index (χ3v) is 6.17. The Balaban J connectivity index is 1.68. The summed E-state index contributed by atoms with van der Waals surface area (Å²) in [4.78, 5) is 0. The molecule has 0 saturated heterocycles. The number of aromatic nitrogens is 5. The van der Waals surface area contributed by atoms with Gasteiger partial charge in [0, 0.05) is 18.5 Å². The molecule has 0 bridgehead atoms. The van der Waals surface area contributed by atoms with Gasteiger partial charge in [-0.05, 0) is 44.0 Å². The van der Waals surface area contributed by atoms with E-state index in [2.05, 4.69) is 31.9 Å². The number of rotatable bonds is 6. The Labute approximate surface area is 168 Å². The Bertz CT molecular complexity index is 915. The minimum absolute atomic E-state index is 0.0106. The normalized spacial score (nSPS) is 16.2. The van der Waals surface area contributed by atoms with Crippen molar-refractivity contribution in [3.8, 4) is 17.1 Å². The van der Waals surface area contributed by atoms with Gasteiger partial charge in [-0.25, -0.2) is 0 Å². The lowest BCUT2D eigenvalue weighted by Crippen LogP contribution is -2.15. The van der Waals surface area contributed by atoms with Crippen LogP contribution in [0.1, 0.15) is 62.1 Å². The van der Waals surface area contributed by atoms with Gasteiger partial charge in [0.1, 0.15) is 5.75 Å². The van der Waals surface area contributed by atoms with E-state index in [0.29, 0.717) is 17.8 Å². The monoisotopic (exact) mass is 399 g/mol. The van der Waals surface area contributed by atoms with E-state index < -0.39 is 0 Å². The second-order valence-electron chi connectivity index (χ2n) is 7.12. The van der Waals surface area contributed by atoms with Gasteiger partial charge in [0.2, 0.25) is 11.8 Å². The number of hydrogen-bond donors (Lipinski definition) is 0. The summed E-state index contributed by atoms with van der Waals surface area (Å²) in [6.45, 7) is 3.87. The summed E-state index contributed by atoms with van der Waals surface area (Å²) in [6, 6.07) is 8.43. The van der Waals surface area contributed by atoms with Crippen LogP contribution in [0.3, 0.4) is 0 Å². The Hall–Kier alpha value is -2.35. The predicted molar refractivity (Wildman–Crippen MR) is 107 cm³/mol. The number of benzene rings is 1. The Morgan fingerprint density at radius 1 is 1.07 bits per heavy atom. The zero-order chi connectivity index (χ0) is 19.5. The predicted octanol–water partition coefficient (Wildman–Crippen LogP) is 5.00. The van der Waals surface area contributed by atoms with E-state index in [1.807, 2.05) is 24.3 Å². The minimum Gasteiger partial charge on any atom is -0.497 e. The van der Waals surface area contributed by atoms with Crippen LogP contribution in [-0.2, 0) is 0 Å². The summed E-state index contributed by atoms with van der Waals surface area (Å²) in [6.07, 6.45) is 6.10. The zero-order valence-corrected chi connectivity index (χ0v) is 17.3. The zero-order valence-electron chi connectivity index (χ0n) is 16.5. The lowest BCUT2D eigenvalue weighted by Gasteiger charge is -2.26. The van der Waals surface area contributed by atoms with Crippen LogP contribution in [0, 0.1) is 6.92 Å². The third-order valence-electron chi connectivity index (χ3n) is 5.12. The molecular formula is C20H25N5O2S. The number of nitrogens with zero attached hydrogens (tertiary/aromatic N) is 5. The van der Waals surface area contributed by atoms with Gasteiger partial charge in [-0.3, -0.25) is 4.57 Å². The molecule has 7 nitrogen and oxygen atoms in total. The van der Waals surface area contributed by atoms with Crippen molar-refractivity contribution in [2.24, 2.45) is 0 Å². The first kappa shape index (κ1) is 19.0. The second kappa shape index (κ2) is 8.34. The topological polar surface area (TPSA) is 78.9 Å². The van der Waals surface area contributed by atoms with E-state index >= 15 is 0 Å². The van der Waals surface area contributed by atoms with Crippen molar-refractivity contribution < 1.29 is 9.15 Å². The quantitative estimate of drug-likeness (QED) is 0.539. The lowest BCUT2D eigenvalue weighted by atomic mass is 9.95. The van der Waals surface area contributed by atoms with Crippen LogP contribution < -0.4 is 4.74 Å². The highest BCUT2D eigenvalue weighted by molar-refractivity contribution is 7.99.